The number of nitrogens with zero attached hydrogens (tertiary/aromatic N) is 2. The molecule has 4 heteroatoms. The van der Waals surface area contributed by atoms with Crippen molar-refractivity contribution >= 4 is 27.0 Å². The first-order valence-electron chi connectivity index (χ1n) is 5.10. The van der Waals surface area contributed by atoms with E-state index in [1.807, 2.05) is 12.1 Å². The molecule has 1 aliphatic heterocycles. The van der Waals surface area contributed by atoms with Crippen LogP contribution in [0.1, 0.15) is 24.8 Å². The maximum absolute atomic E-state index is 9.85. The molecule has 15 heavy (non-hydrogen) atoms. The van der Waals surface area contributed by atoms with Crippen molar-refractivity contribution in [1.82, 2.24) is 9.55 Å². The molecule has 1 aromatic heterocycles. The van der Waals surface area contributed by atoms with Gasteiger partial charge in [-0.05, 0) is 40.9 Å². The van der Waals surface area contributed by atoms with Crippen molar-refractivity contribution in [3.63, 3.8) is 0 Å². The Bertz CT molecular complexity index is 521. The minimum Gasteiger partial charge on any atom is -0.385 e. The van der Waals surface area contributed by atoms with Gasteiger partial charge >= 0.3 is 0 Å². The molecule has 2 aromatic rings. The van der Waals surface area contributed by atoms with E-state index in [4.69, 9.17) is 0 Å². The summed E-state index contributed by atoms with van der Waals surface area (Å²) in [6.07, 6.45) is 1.44. The highest BCUT2D eigenvalue weighted by atomic mass is 79.9. The van der Waals surface area contributed by atoms with E-state index < -0.39 is 6.10 Å². The maximum Gasteiger partial charge on any atom is 0.138 e. The molecule has 1 N–H and O–H groups in total. The zero-order valence-electron chi connectivity index (χ0n) is 8.15. The number of para-hydroxylation sites is 1. The number of aliphatic hydroxyl groups excluding tert-OH is 1. The van der Waals surface area contributed by atoms with E-state index in [1.54, 1.807) is 0 Å². The Morgan fingerprint density at radius 2 is 2.33 bits per heavy atom. The van der Waals surface area contributed by atoms with E-state index in [2.05, 4.69) is 31.5 Å². The molecule has 0 fully saturated rings. The fourth-order valence-corrected chi connectivity index (χ4v) is 2.64. The number of aromatic nitrogens is 2. The largest absolute Gasteiger partial charge is 0.385 e. The molecule has 1 aromatic carbocycles. The predicted octanol–water partition coefficient (Wildman–Crippen LogP) is 2.63. The Balaban J connectivity index is 2.35. The van der Waals surface area contributed by atoms with Crippen molar-refractivity contribution < 1.29 is 5.11 Å². The van der Waals surface area contributed by atoms with Gasteiger partial charge in [0.2, 0.25) is 0 Å². The summed E-state index contributed by atoms with van der Waals surface area (Å²) in [6.45, 7) is 0.958. The Labute approximate surface area is 95.9 Å². The number of hydrogen-bond acceptors (Lipinski definition) is 2. The van der Waals surface area contributed by atoms with Gasteiger partial charge in [-0.15, -0.1) is 0 Å². The second kappa shape index (κ2) is 3.32. The van der Waals surface area contributed by atoms with E-state index >= 15 is 0 Å². The Morgan fingerprint density at radius 1 is 1.47 bits per heavy atom. The number of halogens is 1. The Morgan fingerprint density at radius 3 is 3.20 bits per heavy atom. The fraction of sp³-hybridized carbons (Fsp3) is 0.364. The Kier molecular flexibility index (Phi) is 2.07. The van der Waals surface area contributed by atoms with Crippen LogP contribution >= 0.6 is 15.9 Å². The third kappa shape index (κ3) is 1.32. The molecule has 0 spiro atoms. The number of rotatable bonds is 0. The van der Waals surface area contributed by atoms with Crippen LogP contribution < -0.4 is 0 Å². The number of hydrogen-bond donors (Lipinski definition) is 1. The van der Waals surface area contributed by atoms with E-state index in [1.165, 1.54) is 0 Å². The molecular formula is C11H11BrN2O. The van der Waals surface area contributed by atoms with Gasteiger partial charge in [-0.2, -0.15) is 0 Å². The number of aryl methyl sites for hydroxylation is 1. The first-order chi connectivity index (χ1) is 7.27. The van der Waals surface area contributed by atoms with Crippen LogP contribution in [0.3, 0.4) is 0 Å². The fourth-order valence-electron chi connectivity index (χ4n) is 2.19. The first kappa shape index (κ1) is 9.36. The van der Waals surface area contributed by atoms with Crippen molar-refractivity contribution in [3.8, 4) is 0 Å². The van der Waals surface area contributed by atoms with Gasteiger partial charge < -0.3 is 9.67 Å². The van der Waals surface area contributed by atoms with Crippen molar-refractivity contribution in [2.24, 2.45) is 0 Å². The smallest absolute Gasteiger partial charge is 0.138 e. The van der Waals surface area contributed by atoms with Gasteiger partial charge in [0, 0.05) is 11.0 Å². The predicted molar refractivity (Wildman–Crippen MR) is 61.6 cm³/mol. The number of benzene rings is 1. The molecule has 0 saturated carbocycles. The lowest BCUT2D eigenvalue weighted by Gasteiger charge is -2.19. The van der Waals surface area contributed by atoms with Gasteiger partial charge in [0.25, 0.3) is 0 Å². The second-order valence-electron chi connectivity index (χ2n) is 3.89. The van der Waals surface area contributed by atoms with E-state index in [-0.39, 0.29) is 0 Å². The number of imidazole rings is 1. The van der Waals surface area contributed by atoms with E-state index in [9.17, 15) is 5.11 Å². The van der Waals surface area contributed by atoms with Gasteiger partial charge in [0.05, 0.1) is 5.52 Å². The van der Waals surface area contributed by atoms with Crippen LogP contribution in [0, 0.1) is 0 Å². The standard InChI is InChI=1S/C11H11BrN2O/c12-7-3-1-4-8-10(7)13-11-9(15)5-2-6-14(8)11/h1,3-4,9,15H,2,5-6H2. The van der Waals surface area contributed by atoms with Gasteiger partial charge in [-0.25, -0.2) is 4.98 Å². The minimum absolute atomic E-state index is 0.405. The van der Waals surface area contributed by atoms with Crippen LogP contribution in [0.15, 0.2) is 22.7 Å². The average molecular weight is 267 g/mol. The molecule has 0 bridgehead atoms. The number of fused-ring (bicyclic) bond motifs is 3. The lowest BCUT2D eigenvalue weighted by atomic mass is 10.1. The quantitative estimate of drug-likeness (QED) is 0.796. The molecular weight excluding hydrogens is 256 g/mol. The summed E-state index contributed by atoms with van der Waals surface area (Å²) >= 11 is 3.49. The summed E-state index contributed by atoms with van der Waals surface area (Å²) < 4.78 is 3.11. The molecule has 3 rings (SSSR count). The molecule has 0 radical (unpaired) electrons. The van der Waals surface area contributed by atoms with Crippen LogP contribution in [0.2, 0.25) is 0 Å². The van der Waals surface area contributed by atoms with Crippen molar-refractivity contribution in [1.29, 1.82) is 0 Å². The van der Waals surface area contributed by atoms with E-state index in [0.29, 0.717) is 0 Å². The van der Waals surface area contributed by atoms with Crippen LogP contribution in [-0.4, -0.2) is 14.7 Å². The summed E-state index contributed by atoms with van der Waals surface area (Å²) in [5, 5.41) is 9.85. The summed E-state index contributed by atoms with van der Waals surface area (Å²) in [6, 6.07) is 6.03. The molecule has 1 atom stereocenters. The van der Waals surface area contributed by atoms with Crippen LogP contribution in [0.25, 0.3) is 11.0 Å². The zero-order chi connectivity index (χ0) is 10.4. The van der Waals surface area contributed by atoms with Gasteiger partial charge in [0.1, 0.15) is 17.4 Å². The Hall–Kier alpha value is -0.870. The van der Waals surface area contributed by atoms with Crippen LogP contribution in [-0.2, 0) is 6.54 Å². The monoisotopic (exact) mass is 266 g/mol. The average Bonchev–Trinajstić information content (AvgIpc) is 2.60. The SMILES string of the molecule is OC1CCCn2c1nc1c(Br)cccc12. The first-order valence-corrected chi connectivity index (χ1v) is 5.89. The van der Waals surface area contributed by atoms with Gasteiger partial charge in [-0.1, -0.05) is 6.07 Å². The molecule has 2 heterocycles. The molecule has 0 aliphatic carbocycles. The molecule has 0 amide bonds. The summed E-state index contributed by atoms with van der Waals surface area (Å²) in [5.41, 5.74) is 2.06. The molecule has 0 saturated heterocycles. The van der Waals surface area contributed by atoms with Crippen molar-refractivity contribution in [3.05, 3.63) is 28.5 Å². The van der Waals surface area contributed by atoms with Crippen LogP contribution in [0.4, 0.5) is 0 Å². The lowest BCUT2D eigenvalue weighted by Crippen LogP contribution is -2.15. The molecule has 1 aliphatic rings. The molecule has 3 nitrogen and oxygen atoms in total. The minimum atomic E-state index is -0.405. The third-order valence-corrected chi connectivity index (χ3v) is 3.56. The third-order valence-electron chi connectivity index (χ3n) is 2.92. The van der Waals surface area contributed by atoms with Gasteiger partial charge in [-0.3, -0.25) is 0 Å². The number of aliphatic hydroxyl groups is 1. The van der Waals surface area contributed by atoms with Crippen LogP contribution in [0.5, 0.6) is 0 Å². The topological polar surface area (TPSA) is 38.0 Å². The summed E-state index contributed by atoms with van der Waals surface area (Å²) in [4.78, 5) is 4.50. The zero-order valence-corrected chi connectivity index (χ0v) is 9.74. The maximum atomic E-state index is 9.85. The highest BCUT2D eigenvalue weighted by molar-refractivity contribution is 9.10. The molecule has 78 valence electrons. The van der Waals surface area contributed by atoms with Gasteiger partial charge in [0.15, 0.2) is 0 Å². The molecule has 1 unspecified atom stereocenters. The highest BCUT2D eigenvalue weighted by Crippen LogP contribution is 2.31. The van der Waals surface area contributed by atoms with E-state index in [0.717, 1.165) is 40.7 Å². The summed E-state index contributed by atoms with van der Waals surface area (Å²) in [7, 11) is 0. The van der Waals surface area contributed by atoms with Crippen molar-refractivity contribution in [2.75, 3.05) is 0 Å². The second-order valence-corrected chi connectivity index (χ2v) is 4.74. The summed E-state index contributed by atoms with van der Waals surface area (Å²) in [5.74, 6) is 0.808. The van der Waals surface area contributed by atoms with Crippen molar-refractivity contribution in [2.45, 2.75) is 25.5 Å². The highest BCUT2D eigenvalue weighted by Gasteiger charge is 2.22. The lowest BCUT2D eigenvalue weighted by molar-refractivity contribution is 0.135. The normalized spacial score (nSPS) is 20.5.